The normalized spacial score (nSPS) is 23.6. The molecular formula is C18H19F3N2O6S. The largest absolute Gasteiger partial charge is 0.490 e. The first-order valence-electron chi connectivity index (χ1n) is 9.06. The van der Waals surface area contributed by atoms with Crippen LogP contribution in [0.1, 0.15) is 25.7 Å². The van der Waals surface area contributed by atoms with Gasteiger partial charge in [-0.15, -0.1) is 0 Å². The Hall–Kier alpha value is -2.44. The number of aliphatic carboxylic acids is 1. The predicted octanol–water partition coefficient (Wildman–Crippen LogP) is 1.99. The minimum Gasteiger partial charge on any atom is -0.475 e. The van der Waals surface area contributed by atoms with Crippen molar-refractivity contribution in [2.75, 3.05) is 0 Å². The Morgan fingerprint density at radius 1 is 1.13 bits per heavy atom. The summed E-state index contributed by atoms with van der Waals surface area (Å²) >= 11 is 0. The number of piperidine rings is 1. The van der Waals surface area contributed by atoms with E-state index in [9.17, 15) is 26.4 Å². The average Bonchev–Trinajstić information content (AvgIpc) is 2.99. The second kappa shape index (κ2) is 8.36. The average molecular weight is 448 g/mol. The van der Waals surface area contributed by atoms with E-state index in [0.29, 0.717) is 23.1 Å². The van der Waals surface area contributed by atoms with Crippen molar-refractivity contribution < 1.29 is 35.9 Å². The molecule has 2 aliphatic heterocycles. The maximum Gasteiger partial charge on any atom is 0.490 e. The molecular weight excluding hydrogens is 429 g/mol. The zero-order valence-electron chi connectivity index (χ0n) is 15.5. The molecule has 3 atom stereocenters. The summed E-state index contributed by atoms with van der Waals surface area (Å²) in [5.74, 6) is -2.76. The summed E-state index contributed by atoms with van der Waals surface area (Å²) in [5, 5.41) is 11.2. The van der Waals surface area contributed by atoms with Crippen molar-refractivity contribution in [3.63, 3.8) is 0 Å². The number of rotatable bonds is 3. The molecule has 2 saturated heterocycles. The molecule has 0 radical (unpaired) electrons. The first-order chi connectivity index (χ1) is 13.9. The number of halogens is 3. The summed E-state index contributed by atoms with van der Waals surface area (Å²) in [6, 6.07) is 8.22. The van der Waals surface area contributed by atoms with E-state index in [1.54, 1.807) is 6.07 Å². The standard InChI is InChI=1S/C16H18N2O4S.C2HF3O2/c19-16-6-1-10-7-14(4-5-15(10)22-16)23(20,21)18-13-8-11-2-3-12(9-13)17-11;3-2(4,5)1(6)7/h1,4-7,11-13,17-18H,2-3,8-9H2;(H,6,7)/t11-,12+,13?;. The quantitative estimate of drug-likeness (QED) is 0.613. The molecule has 1 unspecified atom stereocenters. The number of carboxylic acids is 1. The maximum absolute atomic E-state index is 12.6. The summed E-state index contributed by atoms with van der Waals surface area (Å²) in [4.78, 5) is 20.3. The third-order valence-electron chi connectivity index (χ3n) is 4.94. The molecule has 0 spiro atoms. The van der Waals surface area contributed by atoms with Crippen LogP contribution in [0.5, 0.6) is 0 Å². The zero-order valence-corrected chi connectivity index (χ0v) is 16.3. The third kappa shape index (κ3) is 5.37. The minimum atomic E-state index is -5.08. The highest BCUT2D eigenvalue weighted by Gasteiger charge is 2.38. The molecule has 0 aliphatic carbocycles. The highest BCUT2D eigenvalue weighted by Crippen LogP contribution is 2.28. The molecule has 0 saturated carbocycles. The van der Waals surface area contributed by atoms with Gasteiger partial charge in [0.05, 0.1) is 4.90 Å². The van der Waals surface area contributed by atoms with Gasteiger partial charge in [-0.1, -0.05) is 0 Å². The van der Waals surface area contributed by atoms with Crippen LogP contribution in [0, 0.1) is 0 Å². The number of nitrogens with one attached hydrogen (secondary N) is 2. The summed E-state index contributed by atoms with van der Waals surface area (Å²) in [6.07, 6.45) is -1.17. The molecule has 4 rings (SSSR count). The van der Waals surface area contributed by atoms with Crippen LogP contribution in [0.3, 0.4) is 0 Å². The number of hydrogen-bond donors (Lipinski definition) is 3. The summed E-state index contributed by atoms with van der Waals surface area (Å²) in [5.41, 5.74) is -0.0622. The Balaban J connectivity index is 0.000000318. The van der Waals surface area contributed by atoms with Crippen LogP contribution in [-0.2, 0) is 14.8 Å². The van der Waals surface area contributed by atoms with Crippen molar-refractivity contribution >= 4 is 27.0 Å². The Kier molecular flexibility index (Phi) is 6.20. The van der Waals surface area contributed by atoms with Crippen LogP contribution in [0.25, 0.3) is 11.0 Å². The van der Waals surface area contributed by atoms with E-state index in [0.717, 1.165) is 25.7 Å². The van der Waals surface area contributed by atoms with Gasteiger partial charge >= 0.3 is 17.8 Å². The monoisotopic (exact) mass is 448 g/mol. The third-order valence-corrected chi connectivity index (χ3v) is 6.46. The SMILES string of the molecule is O=C(O)C(F)(F)F.O=c1ccc2cc(S(=O)(=O)NC3C[C@H]4CC[C@@H](C3)N4)ccc2o1. The van der Waals surface area contributed by atoms with Gasteiger partial charge in [-0.3, -0.25) is 0 Å². The minimum absolute atomic E-state index is 0.0249. The van der Waals surface area contributed by atoms with Gasteiger partial charge in [0.25, 0.3) is 0 Å². The highest BCUT2D eigenvalue weighted by molar-refractivity contribution is 7.89. The number of alkyl halides is 3. The second-order valence-electron chi connectivity index (χ2n) is 7.18. The second-order valence-corrected chi connectivity index (χ2v) is 8.90. The van der Waals surface area contributed by atoms with Crippen molar-refractivity contribution in [2.45, 2.75) is 54.9 Å². The smallest absolute Gasteiger partial charge is 0.475 e. The van der Waals surface area contributed by atoms with Crippen LogP contribution >= 0.6 is 0 Å². The van der Waals surface area contributed by atoms with Crippen LogP contribution in [0.15, 0.2) is 44.4 Å². The van der Waals surface area contributed by atoms with Crippen molar-refractivity contribution in [3.8, 4) is 0 Å². The maximum atomic E-state index is 12.6. The van der Waals surface area contributed by atoms with E-state index in [4.69, 9.17) is 14.3 Å². The summed E-state index contributed by atoms with van der Waals surface area (Å²) in [7, 11) is -3.58. The van der Waals surface area contributed by atoms with E-state index in [1.807, 2.05) is 0 Å². The Morgan fingerprint density at radius 2 is 1.73 bits per heavy atom. The predicted molar refractivity (Wildman–Crippen MR) is 99.5 cm³/mol. The molecule has 12 heteroatoms. The van der Waals surface area contributed by atoms with Gasteiger partial charge in [0.1, 0.15) is 5.58 Å². The van der Waals surface area contributed by atoms with Crippen LogP contribution in [0.4, 0.5) is 13.2 Å². The molecule has 3 N–H and O–H groups in total. The van der Waals surface area contributed by atoms with Crippen LogP contribution in [-0.4, -0.2) is 43.8 Å². The Bertz CT molecular complexity index is 1090. The lowest BCUT2D eigenvalue weighted by Gasteiger charge is -2.29. The van der Waals surface area contributed by atoms with E-state index >= 15 is 0 Å². The number of benzene rings is 1. The summed E-state index contributed by atoms with van der Waals surface area (Å²) < 4.78 is 64.8. The van der Waals surface area contributed by atoms with E-state index in [1.165, 1.54) is 24.3 Å². The fourth-order valence-electron chi connectivity index (χ4n) is 3.66. The highest BCUT2D eigenvalue weighted by atomic mass is 32.2. The number of carboxylic acid groups (broad SMARTS) is 1. The molecule has 0 amide bonds. The number of carbonyl (C=O) groups is 1. The zero-order chi connectivity index (χ0) is 22.1. The van der Waals surface area contributed by atoms with Gasteiger partial charge in [0, 0.05) is 29.6 Å². The molecule has 8 nitrogen and oxygen atoms in total. The van der Waals surface area contributed by atoms with Crippen LogP contribution < -0.4 is 15.7 Å². The number of sulfonamides is 1. The van der Waals surface area contributed by atoms with E-state index < -0.39 is 27.8 Å². The molecule has 164 valence electrons. The lowest BCUT2D eigenvalue weighted by molar-refractivity contribution is -0.192. The van der Waals surface area contributed by atoms with Gasteiger partial charge in [-0.05, 0) is 49.9 Å². The van der Waals surface area contributed by atoms with Gasteiger partial charge in [-0.25, -0.2) is 22.7 Å². The molecule has 2 aromatic rings. The molecule has 2 fully saturated rings. The first-order valence-corrected chi connectivity index (χ1v) is 10.5. The lowest BCUT2D eigenvalue weighted by Crippen LogP contribution is -2.47. The van der Waals surface area contributed by atoms with Crippen molar-refractivity contribution in [1.29, 1.82) is 0 Å². The first kappa shape index (κ1) is 22.2. The lowest BCUT2D eigenvalue weighted by atomic mass is 10.0. The van der Waals surface area contributed by atoms with Gasteiger partial charge in [-0.2, -0.15) is 13.2 Å². The number of hydrogen-bond acceptors (Lipinski definition) is 6. The van der Waals surface area contributed by atoms with Gasteiger partial charge in [0.2, 0.25) is 10.0 Å². The van der Waals surface area contributed by atoms with Crippen molar-refractivity contribution in [3.05, 3.63) is 40.8 Å². The molecule has 1 aromatic carbocycles. The Morgan fingerprint density at radius 3 is 2.30 bits per heavy atom. The van der Waals surface area contributed by atoms with E-state index in [2.05, 4.69) is 10.0 Å². The van der Waals surface area contributed by atoms with Crippen LogP contribution in [0.2, 0.25) is 0 Å². The molecule has 3 heterocycles. The van der Waals surface area contributed by atoms with Crippen molar-refractivity contribution in [2.24, 2.45) is 0 Å². The molecule has 2 bridgehead atoms. The van der Waals surface area contributed by atoms with Crippen molar-refractivity contribution in [1.82, 2.24) is 10.0 Å². The Labute approximate surface area is 169 Å². The topological polar surface area (TPSA) is 126 Å². The van der Waals surface area contributed by atoms with Gasteiger partial charge < -0.3 is 14.8 Å². The molecule has 30 heavy (non-hydrogen) atoms. The fraction of sp³-hybridized carbons (Fsp3) is 0.444. The summed E-state index contributed by atoms with van der Waals surface area (Å²) in [6.45, 7) is 0. The fourth-order valence-corrected chi connectivity index (χ4v) is 4.95. The van der Waals surface area contributed by atoms with E-state index in [-0.39, 0.29) is 10.9 Å². The molecule has 1 aromatic heterocycles. The van der Waals surface area contributed by atoms with Gasteiger partial charge in [0.15, 0.2) is 0 Å². The number of fused-ring (bicyclic) bond motifs is 3. The molecule has 2 aliphatic rings.